The molecule has 10 heteroatoms. The van der Waals surface area contributed by atoms with Crippen LogP contribution in [0.4, 0.5) is 0 Å². The first kappa shape index (κ1) is 49.9. The van der Waals surface area contributed by atoms with Crippen LogP contribution in [0.15, 0.2) is 72.9 Å². The second kappa shape index (κ2) is 33.5. The number of hydrogen-bond donors (Lipinski definition) is 3. The van der Waals surface area contributed by atoms with E-state index in [9.17, 15) is 24.5 Å². The van der Waals surface area contributed by atoms with Crippen LogP contribution >= 0.6 is 7.82 Å². The lowest BCUT2D eigenvalue weighted by Crippen LogP contribution is -2.45. The van der Waals surface area contributed by atoms with Gasteiger partial charge in [0.05, 0.1) is 46.0 Å². The molecule has 52 heavy (non-hydrogen) atoms. The minimum atomic E-state index is -4.62. The van der Waals surface area contributed by atoms with Crippen molar-refractivity contribution in [2.24, 2.45) is 0 Å². The molecule has 0 aromatic heterocycles. The van der Waals surface area contributed by atoms with Crippen LogP contribution in [0, 0.1) is 0 Å². The predicted molar refractivity (Wildman–Crippen MR) is 216 cm³/mol. The fourth-order valence-corrected chi connectivity index (χ4v) is 5.63. The van der Waals surface area contributed by atoms with Crippen molar-refractivity contribution < 1.29 is 38.0 Å². The molecular weight excluding hydrogens is 675 g/mol. The van der Waals surface area contributed by atoms with Gasteiger partial charge in [-0.05, 0) is 77.0 Å². The number of aliphatic hydroxyl groups is 2. The van der Waals surface area contributed by atoms with Gasteiger partial charge < -0.3 is 34.0 Å². The maximum Gasteiger partial charge on any atom is 0.268 e. The van der Waals surface area contributed by atoms with Gasteiger partial charge in [0.2, 0.25) is 5.91 Å². The van der Waals surface area contributed by atoms with Crippen LogP contribution in [0.5, 0.6) is 0 Å². The summed E-state index contributed by atoms with van der Waals surface area (Å²) >= 11 is 0. The van der Waals surface area contributed by atoms with Gasteiger partial charge in [0, 0.05) is 6.42 Å². The summed E-state index contributed by atoms with van der Waals surface area (Å²) < 4.78 is 23.0. The van der Waals surface area contributed by atoms with Gasteiger partial charge in [-0.15, -0.1) is 0 Å². The Bertz CT molecular complexity index is 1090. The van der Waals surface area contributed by atoms with Gasteiger partial charge >= 0.3 is 0 Å². The molecule has 0 saturated carbocycles. The summed E-state index contributed by atoms with van der Waals surface area (Å²) in [5, 5.41) is 23.2. The molecule has 0 rings (SSSR count). The number of aliphatic hydroxyl groups excluding tert-OH is 2. The quantitative estimate of drug-likeness (QED) is 0.0260. The molecule has 1 unspecified atom stereocenters. The molecule has 0 radical (unpaired) electrons. The Morgan fingerprint density at radius 3 is 1.90 bits per heavy atom. The van der Waals surface area contributed by atoms with Crippen LogP contribution in [0.1, 0.15) is 129 Å². The molecule has 300 valence electrons. The summed E-state index contributed by atoms with van der Waals surface area (Å²) in [4.78, 5) is 25.2. The smallest absolute Gasteiger partial charge is 0.268 e. The topological polar surface area (TPSA) is 128 Å². The lowest BCUT2D eigenvalue weighted by Gasteiger charge is -2.29. The lowest BCUT2D eigenvalue weighted by atomic mass is 10.1. The number of rotatable bonds is 34. The highest BCUT2D eigenvalue weighted by atomic mass is 31.2. The number of nitrogens with one attached hydrogen (secondary N) is 1. The predicted octanol–water partition coefficient (Wildman–Crippen LogP) is 8.80. The molecule has 0 spiro atoms. The van der Waals surface area contributed by atoms with Gasteiger partial charge in [-0.1, -0.05) is 119 Å². The van der Waals surface area contributed by atoms with Crippen molar-refractivity contribution in [2.75, 3.05) is 40.9 Å². The molecule has 3 N–H and O–H groups in total. The Morgan fingerprint density at radius 2 is 1.27 bits per heavy atom. The van der Waals surface area contributed by atoms with E-state index in [-0.39, 0.29) is 25.0 Å². The number of nitrogens with zero attached hydrogens (tertiary/aromatic N) is 1. The normalized spacial score (nSPS) is 15.9. The molecule has 0 aliphatic heterocycles. The lowest BCUT2D eigenvalue weighted by molar-refractivity contribution is -0.870. The highest BCUT2D eigenvalue weighted by molar-refractivity contribution is 7.45. The van der Waals surface area contributed by atoms with Crippen LogP contribution in [-0.2, 0) is 18.4 Å². The summed E-state index contributed by atoms with van der Waals surface area (Å²) in [6.07, 6.45) is 40.4. The highest BCUT2D eigenvalue weighted by Gasteiger charge is 2.23. The van der Waals surface area contributed by atoms with Gasteiger partial charge in [-0.3, -0.25) is 9.36 Å². The standard InChI is InChI=1S/C42H75N2O7P/c1-6-8-9-10-11-12-13-19-22-25-28-31-34-41(46)40(38-51-52(48,49)50-37-36-44(3,4)5)43-42(47)35-32-29-26-23-20-17-15-14-16-18-21-24-27-30-33-39(45)7-2/h15-19,22-24,26-27,31,34,39-41,45-46H,6-14,20-21,25,28-30,32-33,35-38H2,1-5H3,(H-,43,47,48,49)/b17-15-,18-16-,22-19-,26-23-,27-24-,34-31+/t39-,40+,41-/m1/s1. The Labute approximate surface area is 317 Å². The van der Waals surface area contributed by atoms with Gasteiger partial charge in [0.1, 0.15) is 13.2 Å². The molecule has 0 aromatic carbocycles. The number of phosphoric acid groups is 1. The summed E-state index contributed by atoms with van der Waals surface area (Å²) in [5.74, 6) is -0.279. The Balaban J connectivity index is 4.67. The summed E-state index contributed by atoms with van der Waals surface area (Å²) in [5.41, 5.74) is 0. The third kappa shape index (κ3) is 35.0. The second-order valence-corrected chi connectivity index (χ2v) is 15.8. The van der Waals surface area contributed by atoms with Gasteiger partial charge in [-0.25, -0.2) is 0 Å². The Morgan fingerprint density at radius 1 is 0.731 bits per heavy atom. The molecule has 0 aliphatic rings. The number of carbonyl (C=O) groups is 1. The number of amides is 1. The molecule has 0 bridgehead atoms. The molecule has 0 heterocycles. The number of phosphoric ester groups is 1. The van der Waals surface area contributed by atoms with Gasteiger partial charge in [0.15, 0.2) is 0 Å². The van der Waals surface area contributed by atoms with Gasteiger partial charge in [0.25, 0.3) is 7.82 Å². The van der Waals surface area contributed by atoms with E-state index in [0.717, 1.165) is 64.2 Å². The molecule has 0 aliphatic carbocycles. The monoisotopic (exact) mass is 751 g/mol. The van der Waals surface area contributed by atoms with Crippen molar-refractivity contribution in [3.63, 3.8) is 0 Å². The third-order valence-corrected chi connectivity index (χ3v) is 9.27. The van der Waals surface area contributed by atoms with E-state index < -0.39 is 26.6 Å². The van der Waals surface area contributed by atoms with E-state index in [1.54, 1.807) is 6.08 Å². The van der Waals surface area contributed by atoms with Gasteiger partial charge in [-0.2, -0.15) is 0 Å². The highest BCUT2D eigenvalue weighted by Crippen LogP contribution is 2.38. The van der Waals surface area contributed by atoms with Crippen molar-refractivity contribution >= 4 is 13.7 Å². The SMILES string of the molecule is CCCCCCCC/C=C\CC/C=C/[C@@H](O)[C@H](COP(=O)([O-])OCC[N+](C)(C)C)NC(=O)CCC/C=C\C/C=C\C/C=C\C/C=C\CC[C@H](O)CC. The molecule has 0 aromatic rings. The third-order valence-electron chi connectivity index (χ3n) is 8.30. The van der Waals surface area contributed by atoms with E-state index >= 15 is 0 Å². The zero-order chi connectivity index (χ0) is 38.8. The van der Waals surface area contributed by atoms with Crippen LogP contribution in [-0.4, -0.2) is 79.8 Å². The number of quaternary nitrogens is 1. The van der Waals surface area contributed by atoms with Crippen molar-refractivity contribution in [3.8, 4) is 0 Å². The van der Waals surface area contributed by atoms with Crippen molar-refractivity contribution in [3.05, 3.63) is 72.9 Å². The van der Waals surface area contributed by atoms with Crippen molar-refractivity contribution in [1.82, 2.24) is 5.32 Å². The van der Waals surface area contributed by atoms with Crippen molar-refractivity contribution in [1.29, 1.82) is 0 Å². The van der Waals surface area contributed by atoms with Crippen LogP contribution in [0.3, 0.4) is 0 Å². The molecule has 1 amide bonds. The fraction of sp³-hybridized carbons (Fsp3) is 0.690. The number of hydrogen-bond acceptors (Lipinski definition) is 7. The molecular formula is C42H75N2O7P. The number of likely N-dealkylation sites (N-methyl/N-ethyl adjacent to an activating group) is 1. The average molecular weight is 751 g/mol. The minimum absolute atomic E-state index is 0.0266. The molecule has 4 atom stereocenters. The molecule has 0 fully saturated rings. The summed E-state index contributed by atoms with van der Waals surface area (Å²) in [6, 6.07) is -0.943. The first-order chi connectivity index (χ1) is 24.9. The summed E-state index contributed by atoms with van der Waals surface area (Å²) in [7, 11) is 1.17. The number of unbranched alkanes of at least 4 members (excludes halogenated alkanes) is 8. The summed E-state index contributed by atoms with van der Waals surface area (Å²) in [6.45, 7) is 4.24. The van der Waals surface area contributed by atoms with Crippen LogP contribution in [0.2, 0.25) is 0 Å². The molecule has 9 nitrogen and oxygen atoms in total. The average Bonchev–Trinajstić information content (AvgIpc) is 3.09. The first-order valence-electron chi connectivity index (χ1n) is 19.9. The van der Waals surface area contributed by atoms with Crippen molar-refractivity contribution in [2.45, 2.75) is 148 Å². The Hall–Kier alpha value is -2.10. The Kier molecular flexibility index (Phi) is 32.1. The number of carbonyl (C=O) groups excluding carboxylic acids is 1. The maximum atomic E-state index is 12.8. The van der Waals surface area contributed by atoms with E-state index in [2.05, 4.69) is 73.0 Å². The van der Waals surface area contributed by atoms with Crippen LogP contribution < -0.4 is 10.2 Å². The first-order valence-corrected chi connectivity index (χ1v) is 21.3. The van der Waals surface area contributed by atoms with E-state index in [4.69, 9.17) is 9.05 Å². The maximum absolute atomic E-state index is 12.8. The fourth-order valence-electron chi connectivity index (χ4n) is 4.90. The second-order valence-electron chi connectivity index (χ2n) is 14.4. The minimum Gasteiger partial charge on any atom is -0.756 e. The molecule has 0 saturated heterocycles. The largest absolute Gasteiger partial charge is 0.756 e. The zero-order valence-electron chi connectivity index (χ0n) is 33.3. The zero-order valence-corrected chi connectivity index (χ0v) is 34.2. The van der Waals surface area contributed by atoms with E-state index in [1.165, 1.54) is 38.5 Å². The van der Waals surface area contributed by atoms with Crippen LogP contribution in [0.25, 0.3) is 0 Å². The van der Waals surface area contributed by atoms with E-state index in [0.29, 0.717) is 17.4 Å². The number of allylic oxidation sites excluding steroid dienone is 11. The van der Waals surface area contributed by atoms with E-state index in [1.807, 2.05) is 34.1 Å².